The number of amides is 1. The molecule has 0 saturated carbocycles. The number of anilines is 1. The Bertz CT molecular complexity index is 695. The highest BCUT2D eigenvalue weighted by atomic mass is 32.2. The third-order valence-electron chi connectivity index (χ3n) is 4.28. The van der Waals surface area contributed by atoms with Gasteiger partial charge in [0.15, 0.2) is 11.0 Å². The maximum absolute atomic E-state index is 12.3. The van der Waals surface area contributed by atoms with Crippen LogP contribution in [-0.2, 0) is 11.8 Å². The number of hydrogen-bond donors (Lipinski definition) is 1. The molecule has 1 amide bonds. The molecular weight excluding hydrogens is 338 g/mol. The van der Waals surface area contributed by atoms with E-state index < -0.39 is 0 Å². The molecule has 0 spiro atoms. The quantitative estimate of drug-likeness (QED) is 0.607. The molecule has 2 aromatic heterocycles. The van der Waals surface area contributed by atoms with Crippen LogP contribution in [0.2, 0.25) is 0 Å². The zero-order valence-corrected chi connectivity index (χ0v) is 15.4. The van der Waals surface area contributed by atoms with Crippen molar-refractivity contribution in [3.8, 4) is 0 Å². The van der Waals surface area contributed by atoms with Crippen LogP contribution < -0.4 is 10.2 Å². The Morgan fingerprint density at radius 2 is 2.08 bits per heavy atom. The summed E-state index contributed by atoms with van der Waals surface area (Å²) in [5, 5.41) is 20.1. The summed E-state index contributed by atoms with van der Waals surface area (Å²) in [4.78, 5) is 14.5. The molecule has 0 aliphatic carbocycles. The molecule has 0 unspecified atom stereocenters. The van der Waals surface area contributed by atoms with E-state index in [-0.39, 0.29) is 11.8 Å². The normalized spacial score (nSPS) is 15.4. The van der Waals surface area contributed by atoms with Gasteiger partial charge in [-0.25, -0.2) is 0 Å². The molecule has 0 bridgehead atoms. The average Bonchev–Trinajstić information content (AvgIpc) is 3.04. The second-order valence-corrected chi connectivity index (χ2v) is 7.22. The largest absolute Gasteiger partial charge is 0.355 e. The zero-order chi connectivity index (χ0) is 17.6. The van der Waals surface area contributed by atoms with Gasteiger partial charge in [0.2, 0.25) is 5.91 Å². The Labute approximate surface area is 151 Å². The summed E-state index contributed by atoms with van der Waals surface area (Å²) < 4.78 is 1.87. The average molecular weight is 361 g/mol. The van der Waals surface area contributed by atoms with Gasteiger partial charge in [-0.15, -0.1) is 15.3 Å². The second-order valence-electron chi connectivity index (χ2n) is 6.16. The van der Waals surface area contributed by atoms with E-state index >= 15 is 0 Å². The smallest absolute Gasteiger partial charge is 0.223 e. The van der Waals surface area contributed by atoms with Crippen molar-refractivity contribution in [1.82, 2.24) is 30.3 Å². The Morgan fingerprint density at radius 1 is 1.28 bits per heavy atom. The summed E-state index contributed by atoms with van der Waals surface area (Å²) in [5.41, 5.74) is 0.914. The van der Waals surface area contributed by atoms with Crippen LogP contribution in [-0.4, -0.2) is 56.3 Å². The maximum Gasteiger partial charge on any atom is 0.223 e. The number of carbonyl (C=O) groups is 1. The fraction of sp³-hybridized carbons (Fsp3) is 0.562. The summed E-state index contributed by atoms with van der Waals surface area (Å²) in [6, 6.07) is 3.96. The number of nitrogens with zero attached hydrogens (tertiary/aromatic N) is 6. The minimum Gasteiger partial charge on any atom is -0.355 e. The van der Waals surface area contributed by atoms with E-state index in [0.717, 1.165) is 48.4 Å². The summed E-state index contributed by atoms with van der Waals surface area (Å²) in [6.45, 7) is 4.24. The number of rotatable bonds is 6. The first-order valence-electron chi connectivity index (χ1n) is 8.43. The van der Waals surface area contributed by atoms with Crippen molar-refractivity contribution in [3.63, 3.8) is 0 Å². The van der Waals surface area contributed by atoms with Crippen LogP contribution in [0.1, 0.15) is 18.5 Å². The van der Waals surface area contributed by atoms with Gasteiger partial charge in [-0.05, 0) is 31.9 Å². The molecular formula is C16H23N7OS. The number of piperidine rings is 1. The van der Waals surface area contributed by atoms with Gasteiger partial charge in [-0.2, -0.15) is 5.10 Å². The van der Waals surface area contributed by atoms with Crippen LogP contribution in [0.4, 0.5) is 5.82 Å². The summed E-state index contributed by atoms with van der Waals surface area (Å²) in [5.74, 6) is 1.91. The zero-order valence-electron chi connectivity index (χ0n) is 14.6. The molecule has 1 saturated heterocycles. The van der Waals surface area contributed by atoms with Crippen molar-refractivity contribution < 1.29 is 4.79 Å². The molecule has 0 aromatic carbocycles. The van der Waals surface area contributed by atoms with Crippen molar-refractivity contribution in [2.24, 2.45) is 13.0 Å². The minimum atomic E-state index is 0.0782. The Kier molecular flexibility index (Phi) is 5.85. The highest BCUT2D eigenvalue weighted by Gasteiger charge is 2.25. The van der Waals surface area contributed by atoms with Gasteiger partial charge in [0.05, 0.1) is 5.69 Å². The van der Waals surface area contributed by atoms with Crippen molar-refractivity contribution >= 4 is 23.5 Å². The molecule has 9 heteroatoms. The van der Waals surface area contributed by atoms with E-state index in [1.807, 2.05) is 30.7 Å². The van der Waals surface area contributed by atoms with Crippen molar-refractivity contribution in [2.45, 2.75) is 24.9 Å². The minimum absolute atomic E-state index is 0.0782. The van der Waals surface area contributed by atoms with E-state index in [1.165, 1.54) is 0 Å². The number of nitrogens with one attached hydrogen (secondary N) is 1. The van der Waals surface area contributed by atoms with Crippen LogP contribution in [0.3, 0.4) is 0 Å². The van der Waals surface area contributed by atoms with E-state index in [0.29, 0.717) is 6.54 Å². The topological polar surface area (TPSA) is 88.8 Å². The molecule has 3 heterocycles. The second kappa shape index (κ2) is 8.28. The fourth-order valence-electron chi connectivity index (χ4n) is 2.80. The number of aryl methyl sites for hydroxylation is 2. The summed E-state index contributed by atoms with van der Waals surface area (Å²) in [7, 11) is 1.91. The lowest BCUT2D eigenvalue weighted by atomic mass is 9.96. The number of aromatic nitrogens is 5. The van der Waals surface area contributed by atoms with Crippen molar-refractivity contribution in [3.05, 3.63) is 24.2 Å². The standard InChI is InChI=1S/C16H23N7OS/c1-12-3-4-14(20-19-12)23-8-5-13(6-9-23)15(24)17-7-10-25-16-21-18-11-22(16)2/h3-4,11,13H,5-10H2,1-2H3,(H,17,24). The molecule has 8 nitrogen and oxygen atoms in total. The van der Waals surface area contributed by atoms with Gasteiger partial charge >= 0.3 is 0 Å². The monoisotopic (exact) mass is 361 g/mol. The van der Waals surface area contributed by atoms with Crippen molar-refractivity contribution in [1.29, 1.82) is 0 Å². The maximum atomic E-state index is 12.3. The van der Waals surface area contributed by atoms with Gasteiger partial charge in [-0.1, -0.05) is 11.8 Å². The Balaban J connectivity index is 1.38. The van der Waals surface area contributed by atoms with E-state index in [1.54, 1.807) is 18.1 Å². The SMILES string of the molecule is Cc1ccc(N2CCC(C(=O)NCCSc3nncn3C)CC2)nn1. The van der Waals surface area contributed by atoms with Gasteiger partial charge < -0.3 is 14.8 Å². The fourth-order valence-corrected chi connectivity index (χ4v) is 3.54. The Hall–Kier alpha value is -2.16. The molecule has 134 valence electrons. The lowest BCUT2D eigenvalue weighted by molar-refractivity contribution is -0.125. The summed E-state index contributed by atoms with van der Waals surface area (Å²) in [6.07, 6.45) is 3.36. The van der Waals surface area contributed by atoms with E-state index in [9.17, 15) is 4.79 Å². The van der Waals surface area contributed by atoms with Crippen LogP contribution in [0.25, 0.3) is 0 Å². The lowest BCUT2D eigenvalue weighted by Crippen LogP contribution is -2.41. The van der Waals surface area contributed by atoms with Crippen LogP contribution >= 0.6 is 11.8 Å². The van der Waals surface area contributed by atoms with E-state index in [2.05, 4.69) is 30.6 Å². The third kappa shape index (κ3) is 4.68. The van der Waals surface area contributed by atoms with E-state index in [4.69, 9.17) is 0 Å². The molecule has 25 heavy (non-hydrogen) atoms. The van der Waals surface area contributed by atoms with Gasteiger partial charge in [0, 0.05) is 38.4 Å². The third-order valence-corrected chi connectivity index (χ3v) is 5.31. The lowest BCUT2D eigenvalue weighted by Gasteiger charge is -2.31. The first kappa shape index (κ1) is 17.7. The number of thioether (sulfide) groups is 1. The summed E-state index contributed by atoms with van der Waals surface area (Å²) >= 11 is 1.59. The van der Waals surface area contributed by atoms with Crippen molar-refractivity contribution in [2.75, 3.05) is 30.3 Å². The highest BCUT2D eigenvalue weighted by molar-refractivity contribution is 7.99. The molecule has 1 aliphatic heterocycles. The molecule has 1 N–H and O–H groups in total. The van der Waals surface area contributed by atoms with Gasteiger partial charge in [0.1, 0.15) is 6.33 Å². The highest BCUT2D eigenvalue weighted by Crippen LogP contribution is 2.21. The molecule has 0 atom stereocenters. The molecule has 1 aliphatic rings. The predicted molar refractivity (Wildman–Crippen MR) is 96.4 cm³/mol. The molecule has 3 rings (SSSR count). The first-order chi connectivity index (χ1) is 12.1. The van der Waals surface area contributed by atoms with Crippen LogP contribution in [0.15, 0.2) is 23.6 Å². The van der Waals surface area contributed by atoms with Crippen LogP contribution in [0, 0.1) is 12.8 Å². The number of carbonyl (C=O) groups excluding carboxylic acids is 1. The predicted octanol–water partition coefficient (Wildman–Crippen LogP) is 1.04. The first-order valence-corrected chi connectivity index (χ1v) is 9.42. The van der Waals surface area contributed by atoms with Gasteiger partial charge in [0.25, 0.3) is 0 Å². The van der Waals surface area contributed by atoms with Crippen LogP contribution in [0.5, 0.6) is 0 Å². The number of hydrogen-bond acceptors (Lipinski definition) is 7. The molecule has 0 radical (unpaired) electrons. The Morgan fingerprint density at radius 3 is 2.72 bits per heavy atom. The molecule has 2 aromatic rings. The molecule has 1 fully saturated rings. The van der Waals surface area contributed by atoms with Gasteiger partial charge in [-0.3, -0.25) is 4.79 Å².